The third kappa shape index (κ3) is 2.66. The lowest BCUT2D eigenvalue weighted by molar-refractivity contribution is 0.626. The molecule has 1 unspecified atom stereocenters. The molecule has 2 rings (SSSR count). The van der Waals surface area contributed by atoms with Crippen LogP contribution in [0.15, 0.2) is 24.5 Å². The van der Waals surface area contributed by atoms with Crippen LogP contribution in [0.2, 0.25) is 0 Å². The van der Waals surface area contributed by atoms with E-state index in [1.807, 2.05) is 6.07 Å². The standard InChI is InChI=1S/C12H14FN3S/c1-2-3-11(17)8-4-5-9(10(13)6-8)12-14-7-15-16-12/h4-7,11,17H,2-3H2,1H3,(H,14,15,16). The van der Waals surface area contributed by atoms with Crippen LogP contribution in [-0.2, 0) is 0 Å². The molecule has 1 atom stereocenters. The second kappa shape index (κ2) is 5.31. The molecular formula is C12H14FN3S. The molecule has 0 saturated carbocycles. The number of nitrogens with zero attached hydrogens (tertiary/aromatic N) is 2. The molecule has 0 aliphatic rings. The maximum Gasteiger partial charge on any atom is 0.158 e. The average molecular weight is 251 g/mol. The molecule has 1 heterocycles. The number of aromatic nitrogens is 3. The summed E-state index contributed by atoms with van der Waals surface area (Å²) in [6, 6.07) is 5.11. The third-order valence-corrected chi connectivity index (χ3v) is 3.17. The van der Waals surface area contributed by atoms with Gasteiger partial charge in [0.2, 0.25) is 0 Å². The highest BCUT2D eigenvalue weighted by atomic mass is 32.1. The van der Waals surface area contributed by atoms with Crippen molar-refractivity contribution in [3.05, 3.63) is 35.9 Å². The van der Waals surface area contributed by atoms with Crippen molar-refractivity contribution in [2.75, 3.05) is 0 Å². The molecule has 0 aliphatic heterocycles. The Balaban J connectivity index is 2.29. The zero-order valence-electron chi connectivity index (χ0n) is 9.52. The van der Waals surface area contributed by atoms with Crippen molar-refractivity contribution in [1.82, 2.24) is 15.2 Å². The van der Waals surface area contributed by atoms with Gasteiger partial charge in [0.1, 0.15) is 12.1 Å². The predicted octanol–water partition coefficient (Wildman–Crippen LogP) is 3.38. The van der Waals surface area contributed by atoms with Crippen LogP contribution in [0, 0.1) is 5.82 Å². The lowest BCUT2D eigenvalue weighted by atomic mass is 10.0. The summed E-state index contributed by atoms with van der Waals surface area (Å²) in [5.74, 6) is 0.148. The Morgan fingerprint density at radius 3 is 2.88 bits per heavy atom. The first-order valence-electron chi connectivity index (χ1n) is 5.55. The summed E-state index contributed by atoms with van der Waals surface area (Å²) in [6.45, 7) is 2.09. The van der Waals surface area contributed by atoms with Gasteiger partial charge in [0.25, 0.3) is 0 Å². The number of thiol groups is 1. The molecule has 17 heavy (non-hydrogen) atoms. The molecular weight excluding hydrogens is 237 g/mol. The van der Waals surface area contributed by atoms with Gasteiger partial charge in [-0.05, 0) is 24.1 Å². The lowest BCUT2D eigenvalue weighted by Gasteiger charge is -2.10. The molecule has 2 aromatic rings. The fourth-order valence-electron chi connectivity index (χ4n) is 1.71. The van der Waals surface area contributed by atoms with Crippen LogP contribution in [0.1, 0.15) is 30.6 Å². The molecule has 0 fully saturated rings. The summed E-state index contributed by atoms with van der Waals surface area (Å²) in [7, 11) is 0. The van der Waals surface area contributed by atoms with Gasteiger partial charge in [-0.15, -0.1) is 0 Å². The third-order valence-electron chi connectivity index (χ3n) is 2.61. The number of aromatic amines is 1. The van der Waals surface area contributed by atoms with Crippen molar-refractivity contribution >= 4 is 12.6 Å². The number of benzene rings is 1. The Hall–Kier alpha value is -1.36. The Morgan fingerprint density at radius 1 is 1.47 bits per heavy atom. The highest BCUT2D eigenvalue weighted by molar-refractivity contribution is 7.80. The monoisotopic (exact) mass is 251 g/mol. The van der Waals surface area contributed by atoms with Crippen LogP contribution in [0.25, 0.3) is 11.4 Å². The van der Waals surface area contributed by atoms with Crippen LogP contribution in [0.3, 0.4) is 0 Å². The predicted molar refractivity (Wildman–Crippen MR) is 68.4 cm³/mol. The molecule has 0 amide bonds. The van der Waals surface area contributed by atoms with E-state index in [1.54, 1.807) is 6.07 Å². The molecule has 0 spiro atoms. The van der Waals surface area contributed by atoms with Gasteiger partial charge < -0.3 is 0 Å². The summed E-state index contributed by atoms with van der Waals surface area (Å²) in [5.41, 5.74) is 1.33. The lowest BCUT2D eigenvalue weighted by Crippen LogP contribution is -1.94. The van der Waals surface area contributed by atoms with Crippen molar-refractivity contribution < 1.29 is 4.39 Å². The molecule has 0 aliphatic carbocycles. The molecule has 5 heteroatoms. The van der Waals surface area contributed by atoms with E-state index < -0.39 is 0 Å². The number of hydrogen-bond donors (Lipinski definition) is 2. The molecule has 1 aromatic carbocycles. The van der Waals surface area contributed by atoms with Gasteiger partial charge in [0.15, 0.2) is 5.82 Å². The number of H-pyrrole nitrogens is 1. The van der Waals surface area contributed by atoms with Gasteiger partial charge in [0.05, 0.1) is 5.56 Å². The van der Waals surface area contributed by atoms with E-state index in [4.69, 9.17) is 0 Å². The van der Waals surface area contributed by atoms with Crippen LogP contribution in [0.5, 0.6) is 0 Å². The largest absolute Gasteiger partial charge is 0.259 e. The zero-order chi connectivity index (χ0) is 12.3. The maximum absolute atomic E-state index is 13.9. The molecule has 0 saturated heterocycles. The molecule has 1 N–H and O–H groups in total. The van der Waals surface area contributed by atoms with Gasteiger partial charge in [-0.2, -0.15) is 17.7 Å². The Labute approximate surface area is 105 Å². The summed E-state index contributed by atoms with van der Waals surface area (Å²) in [6.07, 6.45) is 3.32. The van der Waals surface area contributed by atoms with Gasteiger partial charge in [-0.1, -0.05) is 19.4 Å². The first kappa shape index (κ1) is 12.1. The highest BCUT2D eigenvalue weighted by Gasteiger charge is 2.11. The average Bonchev–Trinajstić information content (AvgIpc) is 2.82. The summed E-state index contributed by atoms with van der Waals surface area (Å²) >= 11 is 4.45. The number of hydrogen-bond acceptors (Lipinski definition) is 3. The van der Waals surface area contributed by atoms with E-state index in [2.05, 4.69) is 34.7 Å². The number of nitrogens with one attached hydrogen (secondary N) is 1. The quantitative estimate of drug-likeness (QED) is 0.818. The Bertz CT molecular complexity index is 485. The van der Waals surface area contributed by atoms with E-state index in [9.17, 15) is 4.39 Å². The van der Waals surface area contributed by atoms with E-state index in [1.165, 1.54) is 12.4 Å². The molecule has 3 nitrogen and oxygen atoms in total. The fraction of sp³-hybridized carbons (Fsp3) is 0.333. The highest BCUT2D eigenvalue weighted by Crippen LogP contribution is 2.28. The molecule has 0 bridgehead atoms. The van der Waals surface area contributed by atoms with Crippen LogP contribution in [-0.4, -0.2) is 15.2 Å². The summed E-state index contributed by atoms with van der Waals surface area (Å²) in [5, 5.41) is 6.44. The van der Waals surface area contributed by atoms with Crippen molar-refractivity contribution in [3.8, 4) is 11.4 Å². The van der Waals surface area contributed by atoms with Crippen LogP contribution >= 0.6 is 12.6 Å². The van der Waals surface area contributed by atoms with E-state index in [-0.39, 0.29) is 11.1 Å². The van der Waals surface area contributed by atoms with Gasteiger partial charge in [-0.3, -0.25) is 5.10 Å². The van der Waals surface area contributed by atoms with Crippen molar-refractivity contribution in [2.45, 2.75) is 25.0 Å². The number of rotatable bonds is 4. The minimum absolute atomic E-state index is 0.0817. The van der Waals surface area contributed by atoms with Crippen LogP contribution in [0.4, 0.5) is 4.39 Å². The van der Waals surface area contributed by atoms with Crippen molar-refractivity contribution in [3.63, 3.8) is 0 Å². The smallest absolute Gasteiger partial charge is 0.158 e. The van der Waals surface area contributed by atoms with Crippen molar-refractivity contribution in [2.24, 2.45) is 0 Å². The minimum Gasteiger partial charge on any atom is -0.259 e. The van der Waals surface area contributed by atoms with E-state index in [0.717, 1.165) is 18.4 Å². The molecule has 90 valence electrons. The maximum atomic E-state index is 13.9. The first-order chi connectivity index (χ1) is 8.22. The summed E-state index contributed by atoms with van der Waals surface area (Å²) in [4.78, 5) is 3.93. The van der Waals surface area contributed by atoms with Gasteiger partial charge >= 0.3 is 0 Å². The first-order valence-corrected chi connectivity index (χ1v) is 6.07. The second-order valence-corrected chi connectivity index (χ2v) is 4.50. The molecule has 1 aromatic heterocycles. The van der Waals surface area contributed by atoms with Gasteiger partial charge in [-0.25, -0.2) is 9.37 Å². The normalized spacial score (nSPS) is 12.6. The molecule has 0 radical (unpaired) electrons. The van der Waals surface area contributed by atoms with E-state index in [0.29, 0.717) is 11.4 Å². The van der Waals surface area contributed by atoms with E-state index >= 15 is 0 Å². The SMILES string of the molecule is CCCC(S)c1ccc(-c2ncn[nH]2)c(F)c1. The zero-order valence-corrected chi connectivity index (χ0v) is 10.4. The minimum atomic E-state index is -0.297. The van der Waals surface area contributed by atoms with Crippen molar-refractivity contribution in [1.29, 1.82) is 0 Å². The Kier molecular flexibility index (Phi) is 3.78. The second-order valence-electron chi connectivity index (χ2n) is 3.88. The summed E-state index contributed by atoms with van der Waals surface area (Å²) < 4.78 is 13.9. The fourth-order valence-corrected chi connectivity index (χ4v) is 2.12. The number of halogens is 1. The topological polar surface area (TPSA) is 41.6 Å². The Morgan fingerprint density at radius 2 is 2.29 bits per heavy atom. The van der Waals surface area contributed by atoms with Crippen LogP contribution < -0.4 is 0 Å². The van der Waals surface area contributed by atoms with Gasteiger partial charge in [0, 0.05) is 5.25 Å².